The molecule has 3 heteroatoms. The lowest BCUT2D eigenvalue weighted by molar-refractivity contribution is 0.0828. The molecule has 0 saturated carbocycles. The van der Waals surface area contributed by atoms with E-state index in [9.17, 15) is 0 Å². The fourth-order valence-corrected chi connectivity index (χ4v) is 2.14. The minimum absolute atomic E-state index is 0.339. The van der Waals surface area contributed by atoms with E-state index in [0.29, 0.717) is 11.6 Å². The molecule has 0 unspecified atom stereocenters. The van der Waals surface area contributed by atoms with Crippen LogP contribution in [-0.2, 0) is 0 Å². The molecular formula is C13H29N3. The Kier molecular flexibility index (Phi) is 5.22. The Labute approximate surface area is 101 Å². The van der Waals surface area contributed by atoms with E-state index in [4.69, 9.17) is 0 Å². The lowest BCUT2D eigenvalue weighted by Crippen LogP contribution is -2.54. The van der Waals surface area contributed by atoms with Crippen molar-refractivity contribution in [1.29, 1.82) is 0 Å². The van der Waals surface area contributed by atoms with E-state index in [1.165, 1.54) is 26.1 Å². The molecular weight excluding hydrogens is 198 g/mol. The SMILES string of the molecule is CC(C)N(C)CCC(C)(C)N1CCNCC1. The molecule has 0 aromatic carbocycles. The molecule has 1 N–H and O–H groups in total. The zero-order valence-corrected chi connectivity index (χ0v) is 11.7. The normalized spacial score (nSPS) is 19.7. The van der Waals surface area contributed by atoms with E-state index >= 15 is 0 Å². The standard InChI is InChI=1S/C13H29N3/c1-12(2)15(5)9-6-13(3,4)16-10-7-14-8-11-16/h12,14H,6-11H2,1-5H3. The lowest BCUT2D eigenvalue weighted by atomic mass is 9.96. The van der Waals surface area contributed by atoms with Crippen LogP contribution in [0.4, 0.5) is 0 Å². The molecule has 0 aliphatic carbocycles. The molecule has 1 aliphatic heterocycles. The topological polar surface area (TPSA) is 18.5 Å². The summed E-state index contributed by atoms with van der Waals surface area (Å²) in [7, 11) is 2.22. The summed E-state index contributed by atoms with van der Waals surface area (Å²) in [5.74, 6) is 0. The van der Waals surface area contributed by atoms with Crippen LogP contribution >= 0.6 is 0 Å². The summed E-state index contributed by atoms with van der Waals surface area (Å²) >= 11 is 0. The van der Waals surface area contributed by atoms with Gasteiger partial charge in [0.2, 0.25) is 0 Å². The van der Waals surface area contributed by atoms with E-state index in [-0.39, 0.29) is 0 Å². The number of nitrogens with one attached hydrogen (secondary N) is 1. The number of piperazine rings is 1. The van der Waals surface area contributed by atoms with Gasteiger partial charge in [0.05, 0.1) is 0 Å². The first-order valence-corrected chi connectivity index (χ1v) is 6.59. The summed E-state index contributed by atoms with van der Waals surface area (Å²) in [6, 6.07) is 0.652. The first kappa shape index (κ1) is 13.9. The summed E-state index contributed by atoms with van der Waals surface area (Å²) in [6.45, 7) is 15.1. The maximum atomic E-state index is 3.42. The quantitative estimate of drug-likeness (QED) is 0.766. The zero-order valence-electron chi connectivity index (χ0n) is 11.7. The van der Waals surface area contributed by atoms with Crippen molar-refractivity contribution in [1.82, 2.24) is 15.1 Å². The highest BCUT2D eigenvalue weighted by molar-refractivity contribution is 4.85. The Morgan fingerprint density at radius 2 is 1.81 bits per heavy atom. The highest BCUT2D eigenvalue weighted by atomic mass is 15.2. The van der Waals surface area contributed by atoms with Gasteiger partial charge in [0, 0.05) is 37.8 Å². The average Bonchev–Trinajstić information content (AvgIpc) is 2.27. The van der Waals surface area contributed by atoms with Crippen LogP contribution in [0, 0.1) is 0 Å². The Hall–Kier alpha value is -0.120. The van der Waals surface area contributed by atoms with Crippen molar-refractivity contribution in [2.45, 2.75) is 45.7 Å². The van der Waals surface area contributed by atoms with Crippen LogP contribution in [-0.4, -0.2) is 61.2 Å². The van der Waals surface area contributed by atoms with E-state index in [2.05, 4.69) is 49.9 Å². The van der Waals surface area contributed by atoms with Crippen LogP contribution in [0.15, 0.2) is 0 Å². The predicted octanol–water partition coefficient (Wildman–Crippen LogP) is 1.40. The molecule has 0 bridgehead atoms. The summed E-state index contributed by atoms with van der Waals surface area (Å²) in [5, 5.41) is 3.42. The van der Waals surface area contributed by atoms with Crippen LogP contribution in [0.2, 0.25) is 0 Å². The molecule has 1 saturated heterocycles. The molecule has 0 radical (unpaired) electrons. The second-order valence-electron chi connectivity index (χ2n) is 5.87. The first-order chi connectivity index (χ1) is 7.43. The van der Waals surface area contributed by atoms with E-state index in [0.717, 1.165) is 13.1 Å². The molecule has 0 atom stereocenters. The molecule has 1 aliphatic rings. The van der Waals surface area contributed by atoms with Crippen molar-refractivity contribution < 1.29 is 0 Å². The molecule has 16 heavy (non-hydrogen) atoms. The van der Waals surface area contributed by atoms with Crippen molar-refractivity contribution in [3.8, 4) is 0 Å². The van der Waals surface area contributed by atoms with Gasteiger partial charge in [0.1, 0.15) is 0 Å². The molecule has 0 aromatic rings. The van der Waals surface area contributed by atoms with Crippen molar-refractivity contribution >= 4 is 0 Å². The second-order valence-corrected chi connectivity index (χ2v) is 5.87. The van der Waals surface area contributed by atoms with Gasteiger partial charge in [-0.05, 0) is 47.7 Å². The minimum atomic E-state index is 0.339. The first-order valence-electron chi connectivity index (χ1n) is 6.59. The molecule has 0 amide bonds. The van der Waals surface area contributed by atoms with Gasteiger partial charge < -0.3 is 10.2 Å². The molecule has 0 aromatic heterocycles. The Morgan fingerprint density at radius 3 is 2.31 bits per heavy atom. The van der Waals surface area contributed by atoms with Gasteiger partial charge in [-0.3, -0.25) is 4.90 Å². The molecule has 1 fully saturated rings. The predicted molar refractivity (Wildman–Crippen MR) is 70.9 cm³/mol. The fraction of sp³-hybridized carbons (Fsp3) is 1.00. The van der Waals surface area contributed by atoms with E-state index < -0.39 is 0 Å². The van der Waals surface area contributed by atoms with Gasteiger partial charge in [0.25, 0.3) is 0 Å². The van der Waals surface area contributed by atoms with Crippen molar-refractivity contribution in [2.24, 2.45) is 0 Å². The minimum Gasteiger partial charge on any atom is -0.314 e. The van der Waals surface area contributed by atoms with Gasteiger partial charge >= 0.3 is 0 Å². The highest BCUT2D eigenvalue weighted by Gasteiger charge is 2.27. The summed E-state index contributed by atoms with van der Waals surface area (Å²) in [5.41, 5.74) is 0.339. The summed E-state index contributed by atoms with van der Waals surface area (Å²) in [6.07, 6.45) is 1.25. The van der Waals surface area contributed by atoms with Gasteiger partial charge in [0.15, 0.2) is 0 Å². The van der Waals surface area contributed by atoms with Crippen LogP contribution in [0.5, 0.6) is 0 Å². The molecule has 1 rings (SSSR count). The number of nitrogens with zero attached hydrogens (tertiary/aromatic N) is 2. The van der Waals surface area contributed by atoms with Crippen LogP contribution in [0.25, 0.3) is 0 Å². The monoisotopic (exact) mass is 227 g/mol. The molecule has 96 valence electrons. The van der Waals surface area contributed by atoms with Crippen molar-refractivity contribution in [2.75, 3.05) is 39.8 Å². The van der Waals surface area contributed by atoms with Gasteiger partial charge in [-0.25, -0.2) is 0 Å². The molecule has 3 nitrogen and oxygen atoms in total. The Morgan fingerprint density at radius 1 is 1.25 bits per heavy atom. The third-order valence-corrected chi connectivity index (χ3v) is 3.93. The van der Waals surface area contributed by atoms with Gasteiger partial charge in [-0.15, -0.1) is 0 Å². The number of rotatable bonds is 5. The van der Waals surface area contributed by atoms with Gasteiger partial charge in [-0.2, -0.15) is 0 Å². The largest absolute Gasteiger partial charge is 0.314 e. The average molecular weight is 227 g/mol. The maximum Gasteiger partial charge on any atom is 0.0166 e. The molecule has 0 spiro atoms. The summed E-state index contributed by atoms with van der Waals surface area (Å²) < 4.78 is 0. The van der Waals surface area contributed by atoms with E-state index in [1.54, 1.807) is 0 Å². The molecule has 1 heterocycles. The highest BCUT2D eigenvalue weighted by Crippen LogP contribution is 2.19. The van der Waals surface area contributed by atoms with Gasteiger partial charge in [-0.1, -0.05) is 0 Å². The maximum absolute atomic E-state index is 3.42. The van der Waals surface area contributed by atoms with Crippen molar-refractivity contribution in [3.63, 3.8) is 0 Å². The third kappa shape index (κ3) is 4.04. The third-order valence-electron chi connectivity index (χ3n) is 3.93. The smallest absolute Gasteiger partial charge is 0.0166 e. The number of hydrogen-bond donors (Lipinski definition) is 1. The fourth-order valence-electron chi connectivity index (χ4n) is 2.14. The Balaban J connectivity index is 2.37. The van der Waals surface area contributed by atoms with Crippen molar-refractivity contribution in [3.05, 3.63) is 0 Å². The lowest BCUT2D eigenvalue weighted by Gasteiger charge is -2.42. The van der Waals surface area contributed by atoms with E-state index in [1.807, 2.05) is 0 Å². The van der Waals surface area contributed by atoms with Crippen LogP contribution < -0.4 is 5.32 Å². The Bertz CT molecular complexity index is 195. The summed E-state index contributed by atoms with van der Waals surface area (Å²) in [4.78, 5) is 5.06. The van der Waals surface area contributed by atoms with Crippen LogP contribution in [0.3, 0.4) is 0 Å². The number of hydrogen-bond acceptors (Lipinski definition) is 3. The zero-order chi connectivity index (χ0) is 12.2. The van der Waals surface area contributed by atoms with Crippen LogP contribution in [0.1, 0.15) is 34.1 Å². The second kappa shape index (κ2) is 5.99.